The van der Waals surface area contributed by atoms with E-state index in [9.17, 15) is 0 Å². The van der Waals surface area contributed by atoms with Gasteiger partial charge in [-0.15, -0.1) is 0 Å². The zero-order chi connectivity index (χ0) is 4.50. The Hall–Kier alpha value is 2.68. The van der Waals surface area contributed by atoms with Crippen LogP contribution < -0.4 is 0 Å². The van der Waals surface area contributed by atoms with Crippen molar-refractivity contribution in [2.75, 3.05) is 0 Å². The Morgan fingerprint density at radius 1 is 0.800 bits per heavy atom. The molecule has 0 heterocycles. The van der Waals surface area contributed by atoms with Crippen molar-refractivity contribution in [1.29, 1.82) is 0 Å². The standard InChI is InChI=1S/4ClH.Yb/h4*1H;/q;;;;+4/p-4. The minimum absolute atomic E-state index is 2.83. The van der Waals surface area contributed by atoms with E-state index < -0.39 is 30.9 Å². The molecular weight excluding hydrogens is 315 g/mol. The van der Waals surface area contributed by atoms with Crippen LogP contribution in [0, 0.1) is 30.9 Å². The van der Waals surface area contributed by atoms with Gasteiger partial charge in [0.15, 0.2) is 0 Å². The van der Waals surface area contributed by atoms with E-state index in [4.69, 9.17) is 18.5 Å². The van der Waals surface area contributed by atoms with Crippen molar-refractivity contribution in [1.82, 2.24) is 0 Å². The maximum absolute atomic E-state index is 4.98. The van der Waals surface area contributed by atoms with E-state index in [0.29, 0.717) is 0 Å². The zero-order valence-electron chi connectivity index (χ0n) is 1.78. The second-order valence-corrected chi connectivity index (χ2v) is 15.3. The van der Waals surface area contributed by atoms with Gasteiger partial charge in [0.25, 0.3) is 0 Å². The Morgan fingerprint density at radius 2 is 0.800 bits per heavy atom. The molecule has 0 unspecified atom stereocenters. The summed E-state index contributed by atoms with van der Waals surface area (Å²) in [5.74, 6) is 0. The number of halogens is 4. The Morgan fingerprint density at radius 3 is 0.800 bits per heavy atom. The first-order valence-electron chi connectivity index (χ1n) is 0.404. The molecule has 5 heavy (non-hydrogen) atoms. The molecule has 0 aliphatic heterocycles. The zero-order valence-corrected chi connectivity index (χ0v) is 6.52. The van der Waals surface area contributed by atoms with Crippen LogP contribution >= 0.6 is 18.5 Å². The first kappa shape index (κ1) is 7.68. The maximum atomic E-state index is 4.98. The predicted molar refractivity (Wildman–Crippen MR) is 23.4 cm³/mol. The molecule has 5 heteroatoms. The van der Waals surface area contributed by atoms with Gasteiger partial charge in [0.1, 0.15) is 0 Å². The first-order chi connectivity index (χ1) is 2.00. The predicted octanol–water partition coefficient (Wildman–Crippen LogP) is 2.76. The summed E-state index contributed by atoms with van der Waals surface area (Å²) >= 11 is -2.83. The Balaban J connectivity index is 3.02. The summed E-state index contributed by atoms with van der Waals surface area (Å²) in [5, 5.41) is 0. The molecule has 0 aromatic heterocycles. The van der Waals surface area contributed by atoms with E-state index in [1.54, 1.807) is 0 Å². The van der Waals surface area contributed by atoms with Crippen molar-refractivity contribution in [2.45, 2.75) is 0 Å². The molecule has 0 aromatic rings. The van der Waals surface area contributed by atoms with Crippen LogP contribution in [-0.2, 0) is 0 Å². The summed E-state index contributed by atoms with van der Waals surface area (Å²) in [6.07, 6.45) is 0. The monoisotopic (exact) mass is 314 g/mol. The number of rotatable bonds is 0. The topological polar surface area (TPSA) is 0 Å². The van der Waals surface area contributed by atoms with Gasteiger partial charge in [-0.05, 0) is 0 Å². The van der Waals surface area contributed by atoms with Gasteiger partial charge in [0.2, 0.25) is 0 Å². The van der Waals surface area contributed by atoms with Crippen LogP contribution in [0.1, 0.15) is 0 Å². The number of hydrogen-bond donors (Lipinski definition) is 0. The Kier molecular flexibility index (Phi) is 4.39. The Bertz CT molecular complexity index is 19.1. The van der Waals surface area contributed by atoms with Gasteiger partial charge in [0.05, 0.1) is 0 Å². The van der Waals surface area contributed by atoms with E-state index in [0.717, 1.165) is 0 Å². The van der Waals surface area contributed by atoms with Gasteiger partial charge in [-0.2, -0.15) is 0 Å². The molecule has 0 saturated carbocycles. The van der Waals surface area contributed by atoms with Gasteiger partial charge < -0.3 is 0 Å². The number of hydrogen-bond acceptors (Lipinski definition) is 0. The average molecular weight is 315 g/mol. The summed E-state index contributed by atoms with van der Waals surface area (Å²) in [7, 11) is 0. The molecule has 0 aromatic carbocycles. The van der Waals surface area contributed by atoms with Crippen molar-refractivity contribution < 1.29 is 30.9 Å². The molecule has 0 N–H and O–H groups in total. The summed E-state index contributed by atoms with van der Waals surface area (Å²) < 4.78 is 19.9. The van der Waals surface area contributed by atoms with E-state index in [-0.39, 0.29) is 0 Å². The van der Waals surface area contributed by atoms with Crippen LogP contribution in [0.25, 0.3) is 0 Å². The fraction of sp³-hybridized carbons (Fsp3) is 0. The van der Waals surface area contributed by atoms with Crippen LogP contribution in [0.3, 0.4) is 0 Å². The molecule has 0 aliphatic carbocycles. The first-order valence-corrected chi connectivity index (χ1v) is 8.99. The average Bonchev–Trinajstić information content (AvgIpc) is 0.722. The van der Waals surface area contributed by atoms with Crippen LogP contribution in [0.2, 0.25) is 0 Å². The van der Waals surface area contributed by atoms with Gasteiger partial charge in [0, 0.05) is 0 Å². The summed E-state index contributed by atoms with van der Waals surface area (Å²) in [5.41, 5.74) is 0. The molecular formula is Cl4Yb. The fourth-order valence-electron chi connectivity index (χ4n) is 0. The molecule has 0 atom stereocenters. The summed E-state index contributed by atoms with van der Waals surface area (Å²) in [6.45, 7) is 0. The molecule has 0 aliphatic rings. The van der Waals surface area contributed by atoms with Crippen LogP contribution in [-0.4, -0.2) is 0 Å². The molecule has 0 nitrogen and oxygen atoms in total. The quantitative estimate of drug-likeness (QED) is 0.645. The molecule has 0 amide bonds. The van der Waals surface area contributed by atoms with Crippen molar-refractivity contribution in [2.24, 2.45) is 0 Å². The Labute approximate surface area is 47.6 Å². The summed E-state index contributed by atoms with van der Waals surface area (Å²) in [6, 6.07) is 0. The molecule has 0 radical (unpaired) electrons. The molecule has 0 spiro atoms. The van der Waals surface area contributed by atoms with E-state index in [1.165, 1.54) is 0 Å². The second-order valence-electron chi connectivity index (χ2n) is 0.229. The molecule has 42 valence electrons. The van der Waals surface area contributed by atoms with Crippen LogP contribution in [0.4, 0.5) is 0 Å². The molecule has 0 fully saturated rings. The molecule has 0 rings (SSSR count). The van der Waals surface area contributed by atoms with Crippen LogP contribution in [0.5, 0.6) is 0 Å². The van der Waals surface area contributed by atoms with E-state index >= 15 is 0 Å². The van der Waals surface area contributed by atoms with Gasteiger partial charge in [-0.3, -0.25) is 0 Å². The minimum atomic E-state index is -2.83. The van der Waals surface area contributed by atoms with Crippen LogP contribution in [0.15, 0.2) is 0 Å². The van der Waals surface area contributed by atoms with E-state index in [2.05, 4.69) is 0 Å². The SMILES string of the molecule is [Cl][Yb]([Cl])([Cl])[Cl]. The van der Waals surface area contributed by atoms with Gasteiger partial charge >= 0.3 is 49.5 Å². The molecule has 0 bridgehead atoms. The van der Waals surface area contributed by atoms with E-state index in [1.807, 2.05) is 0 Å². The van der Waals surface area contributed by atoms with Crippen molar-refractivity contribution in [3.63, 3.8) is 0 Å². The third-order valence-electron chi connectivity index (χ3n) is 0. The van der Waals surface area contributed by atoms with Crippen molar-refractivity contribution in [3.05, 3.63) is 0 Å². The second kappa shape index (κ2) is 2.86. The van der Waals surface area contributed by atoms with Gasteiger partial charge in [-0.25, -0.2) is 0 Å². The van der Waals surface area contributed by atoms with Gasteiger partial charge in [-0.1, -0.05) is 0 Å². The fourth-order valence-corrected chi connectivity index (χ4v) is 0. The van der Waals surface area contributed by atoms with Crippen molar-refractivity contribution in [3.8, 4) is 0 Å². The normalized spacial score (nSPS) is 15.2. The van der Waals surface area contributed by atoms with Crippen molar-refractivity contribution >= 4 is 18.5 Å². The third kappa shape index (κ3) is 20.4. The summed E-state index contributed by atoms with van der Waals surface area (Å²) in [4.78, 5) is 0. The third-order valence-corrected chi connectivity index (χ3v) is 0. The molecule has 0 saturated heterocycles.